The standard InChI is InChI=1S/C8H12N2OS/c1-11-7-10-4-6(12-7)8(5-9)2-3-8/h4H,2-3,5,9H2,1H3. The van der Waals surface area contributed by atoms with Crippen molar-refractivity contribution < 1.29 is 4.74 Å². The molecule has 0 saturated heterocycles. The summed E-state index contributed by atoms with van der Waals surface area (Å²) >= 11 is 1.61. The first-order valence-electron chi connectivity index (χ1n) is 4.01. The van der Waals surface area contributed by atoms with E-state index in [0.717, 1.165) is 11.7 Å². The van der Waals surface area contributed by atoms with Gasteiger partial charge in [-0.2, -0.15) is 0 Å². The molecule has 1 aliphatic carbocycles. The molecule has 1 aromatic rings. The van der Waals surface area contributed by atoms with Gasteiger partial charge in [-0.15, -0.1) is 0 Å². The summed E-state index contributed by atoms with van der Waals surface area (Å²) < 4.78 is 5.03. The third-order valence-electron chi connectivity index (χ3n) is 2.43. The van der Waals surface area contributed by atoms with Crippen molar-refractivity contribution in [2.75, 3.05) is 13.7 Å². The van der Waals surface area contributed by atoms with E-state index in [4.69, 9.17) is 10.5 Å². The van der Waals surface area contributed by atoms with E-state index in [1.165, 1.54) is 17.7 Å². The zero-order chi connectivity index (χ0) is 8.60. The molecule has 1 fully saturated rings. The smallest absolute Gasteiger partial charge is 0.273 e. The van der Waals surface area contributed by atoms with Gasteiger partial charge in [0.25, 0.3) is 5.19 Å². The van der Waals surface area contributed by atoms with Crippen LogP contribution in [-0.2, 0) is 5.41 Å². The van der Waals surface area contributed by atoms with Crippen molar-refractivity contribution in [3.8, 4) is 5.19 Å². The SMILES string of the molecule is COc1ncc(C2(CN)CC2)s1. The van der Waals surface area contributed by atoms with Crippen molar-refractivity contribution in [1.82, 2.24) is 4.98 Å². The highest BCUT2D eigenvalue weighted by molar-refractivity contribution is 7.13. The molecular formula is C8H12N2OS. The van der Waals surface area contributed by atoms with Crippen molar-refractivity contribution in [2.24, 2.45) is 5.73 Å². The number of methoxy groups -OCH3 is 1. The molecule has 2 N–H and O–H groups in total. The Kier molecular flexibility index (Phi) is 1.81. The number of nitrogens with two attached hydrogens (primary N) is 1. The molecule has 0 bridgehead atoms. The topological polar surface area (TPSA) is 48.1 Å². The van der Waals surface area contributed by atoms with Crippen molar-refractivity contribution >= 4 is 11.3 Å². The zero-order valence-electron chi connectivity index (χ0n) is 7.04. The number of hydrogen-bond acceptors (Lipinski definition) is 4. The van der Waals surface area contributed by atoms with Gasteiger partial charge < -0.3 is 10.5 Å². The van der Waals surface area contributed by atoms with E-state index in [9.17, 15) is 0 Å². The fourth-order valence-corrected chi connectivity index (χ4v) is 2.29. The van der Waals surface area contributed by atoms with Gasteiger partial charge in [-0.25, -0.2) is 4.98 Å². The van der Waals surface area contributed by atoms with E-state index in [0.29, 0.717) is 0 Å². The van der Waals surface area contributed by atoms with Crippen molar-refractivity contribution in [3.05, 3.63) is 11.1 Å². The maximum Gasteiger partial charge on any atom is 0.273 e. The monoisotopic (exact) mass is 184 g/mol. The molecule has 2 rings (SSSR count). The van der Waals surface area contributed by atoms with E-state index in [2.05, 4.69) is 4.98 Å². The summed E-state index contributed by atoms with van der Waals surface area (Å²) in [5, 5.41) is 0.740. The number of thiazole rings is 1. The average molecular weight is 184 g/mol. The Morgan fingerprint density at radius 3 is 2.92 bits per heavy atom. The molecule has 0 aromatic carbocycles. The third kappa shape index (κ3) is 1.11. The highest BCUT2D eigenvalue weighted by atomic mass is 32.1. The van der Waals surface area contributed by atoms with Crippen LogP contribution in [0.2, 0.25) is 0 Å². The number of aromatic nitrogens is 1. The summed E-state index contributed by atoms with van der Waals surface area (Å²) in [6.45, 7) is 0.734. The molecule has 1 aliphatic rings. The van der Waals surface area contributed by atoms with Crippen LogP contribution in [0.3, 0.4) is 0 Å². The fourth-order valence-electron chi connectivity index (χ4n) is 1.30. The Balaban J connectivity index is 2.23. The molecule has 0 amide bonds. The first kappa shape index (κ1) is 8.01. The van der Waals surface area contributed by atoms with Gasteiger partial charge in [-0.05, 0) is 12.8 Å². The Morgan fingerprint density at radius 1 is 1.75 bits per heavy atom. The molecule has 0 spiro atoms. The van der Waals surface area contributed by atoms with Gasteiger partial charge in [0.2, 0.25) is 0 Å². The minimum atomic E-state index is 0.258. The summed E-state index contributed by atoms with van der Waals surface area (Å²) in [4.78, 5) is 5.41. The van der Waals surface area contributed by atoms with Gasteiger partial charge in [0.15, 0.2) is 0 Å². The lowest BCUT2D eigenvalue weighted by Crippen LogP contribution is -2.18. The number of hydrogen-bond donors (Lipinski definition) is 1. The Bertz CT molecular complexity index is 280. The fraction of sp³-hybridized carbons (Fsp3) is 0.625. The van der Waals surface area contributed by atoms with Gasteiger partial charge in [-0.3, -0.25) is 0 Å². The van der Waals surface area contributed by atoms with Gasteiger partial charge in [-0.1, -0.05) is 11.3 Å². The lowest BCUT2D eigenvalue weighted by atomic mass is 10.1. The molecule has 0 aliphatic heterocycles. The van der Waals surface area contributed by atoms with Crippen molar-refractivity contribution in [1.29, 1.82) is 0 Å². The molecule has 66 valence electrons. The lowest BCUT2D eigenvalue weighted by Gasteiger charge is -2.06. The van der Waals surface area contributed by atoms with E-state index in [1.54, 1.807) is 18.4 Å². The van der Waals surface area contributed by atoms with Crippen LogP contribution in [0.4, 0.5) is 0 Å². The second kappa shape index (κ2) is 2.71. The van der Waals surface area contributed by atoms with E-state index < -0.39 is 0 Å². The molecular weight excluding hydrogens is 172 g/mol. The second-order valence-corrected chi connectivity index (χ2v) is 4.17. The van der Waals surface area contributed by atoms with E-state index in [-0.39, 0.29) is 5.41 Å². The molecule has 1 aromatic heterocycles. The highest BCUT2D eigenvalue weighted by Crippen LogP contribution is 2.49. The Labute approximate surface area is 75.6 Å². The van der Waals surface area contributed by atoms with Crippen LogP contribution in [0.1, 0.15) is 17.7 Å². The first-order chi connectivity index (χ1) is 5.80. The third-order valence-corrected chi connectivity index (χ3v) is 3.63. The van der Waals surface area contributed by atoms with Gasteiger partial charge in [0.1, 0.15) is 0 Å². The van der Waals surface area contributed by atoms with Crippen LogP contribution in [0.15, 0.2) is 6.20 Å². The minimum absolute atomic E-state index is 0.258. The van der Waals surface area contributed by atoms with Gasteiger partial charge in [0, 0.05) is 23.0 Å². The van der Waals surface area contributed by atoms with E-state index in [1.807, 2.05) is 6.20 Å². The minimum Gasteiger partial charge on any atom is -0.473 e. The molecule has 12 heavy (non-hydrogen) atoms. The summed E-state index contributed by atoms with van der Waals surface area (Å²) in [5.74, 6) is 0. The van der Waals surface area contributed by atoms with E-state index >= 15 is 0 Å². The van der Waals surface area contributed by atoms with Gasteiger partial charge >= 0.3 is 0 Å². The molecule has 3 nitrogen and oxygen atoms in total. The molecule has 4 heteroatoms. The van der Waals surface area contributed by atoms with Crippen molar-refractivity contribution in [3.63, 3.8) is 0 Å². The molecule has 0 radical (unpaired) electrons. The molecule has 0 unspecified atom stereocenters. The van der Waals surface area contributed by atoms with Crippen LogP contribution >= 0.6 is 11.3 Å². The Morgan fingerprint density at radius 2 is 2.50 bits per heavy atom. The summed E-state index contributed by atoms with van der Waals surface area (Å²) in [7, 11) is 1.64. The summed E-state index contributed by atoms with van der Waals surface area (Å²) in [5.41, 5.74) is 5.95. The normalized spacial score (nSPS) is 19.2. The highest BCUT2D eigenvalue weighted by Gasteiger charge is 2.44. The molecule has 1 saturated carbocycles. The summed E-state index contributed by atoms with van der Waals surface area (Å²) in [6, 6.07) is 0. The van der Waals surface area contributed by atoms with Crippen LogP contribution in [-0.4, -0.2) is 18.6 Å². The molecule has 1 heterocycles. The maximum absolute atomic E-state index is 5.69. The largest absolute Gasteiger partial charge is 0.473 e. The van der Waals surface area contributed by atoms with Crippen LogP contribution in [0.25, 0.3) is 0 Å². The number of rotatable bonds is 3. The molecule has 0 atom stereocenters. The predicted octanol–water partition coefficient (Wildman–Crippen LogP) is 1.14. The number of ether oxygens (including phenoxy) is 1. The van der Waals surface area contributed by atoms with Crippen LogP contribution in [0.5, 0.6) is 5.19 Å². The quantitative estimate of drug-likeness (QED) is 0.766. The second-order valence-electron chi connectivity index (χ2n) is 3.18. The first-order valence-corrected chi connectivity index (χ1v) is 4.83. The zero-order valence-corrected chi connectivity index (χ0v) is 7.86. The average Bonchev–Trinajstić information content (AvgIpc) is 2.77. The Hall–Kier alpha value is -0.610. The lowest BCUT2D eigenvalue weighted by molar-refractivity contribution is 0.412. The van der Waals surface area contributed by atoms with Crippen molar-refractivity contribution in [2.45, 2.75) is 18.3 Å². The predicted molar refractivity (Wildman–Crippen MR) is 48.6 cm³/mol. The van der Waals surface area contributed by atoms with Crippen LogP contribution in [0, 0.1) is 0 Å². The van der Waals surface area contributed by atoms with Gasteiger partial charge in [0.05, 0.1) is 7.11 Å². The maximum atomic E-state index is 5.69. The summed E-state index contributed by atoms with van der Waals surface area (Å²) in [6.07, 6.45) is 4.30. The number of nitrogens with zero attached hydrogens (tertiary/aromatic N) is 1. The van der Waals surface area contributed by atoms with Crippen LogP contribution < -0.4 is 10.5 Å².